The van der Waals surface area contributed by atoms with E-state index in [9.17, 15) is 0 Å². The van der Waals surface area contributed by atoms with Crippen molar-refractivity contribution in [3.05, 3.63) is 29.6 Å². The Morgan fingerprint density at radius 2 is 2.14 bits per heavy atom. The van der Waals surface area contributed by atoms with E-state index >= 15 is 0 Å². The molecule has 2 heterocycles. The minimum atomic E-state index is 0.528. The van der Waals surface area contributed by atoms with Gasteiger partial charge in [0.2, 0.25) is 5.89 Å². The molecule has 0 N–H and O–H groups in total. The smallest absolute Gasteiger partial charge is 0.249 e. The van der Waals surface area contributed by atoms with Gasteiger partial charge in [-0.25, -0.2) is 4.98 Å². The predicted molar refractivity (Wildman–Crippen MR) is 52.9 cm³/mol. The lowest BCUT2D eigenvalue weighted by molar-refractivity contribution is 0.616. The second-order valence-electron chi connectivity index (χ2n) is 2.78. The quantitative estimate of drug-likeness (QED) is 0.609. The van der Waals surface area contributed by atoms with Crippen molar-refractivity contribution in [1.29, 1.82) is 0 Å². The highest BCUT2D eigenvalue weighted by molar-refractivity contribution is 7.03. The first-order chi connectivity index (χ1) is 6.93. The van der Waals surface area contributed by atoms with Gasteiger partial charge in [-0.15, -0.1) is 5.10 Å². The molecule has 2 aromatic heterocycles. The molecule has 68 valence electrons. The predicted octanol–water partition coefficient (Wildman–Crippen LogP) is 2.35. The SMILES string of the molecule is c1ccc2oc(-c3csnn3)nc2c1. The fraction of sp³-hybridized carbons (Fsp3) is 0. The molecule has 0 aliphatic carbocycles. The first kappa shape index (κ1) is 7.64. The number of aromatic nitrogens is 3. The number of hydrogen-bond acceptors (Lipinski definition) is 5. The van der Waals surface area contributed by atoms with Crippen molar-refractivity contribution in [3.63, 3.8) is 0 Å². The summed E-state index contributed by atoms with van der Waals surface area (Å²) in [6, 6.07) is 7.62. The molecule has 0 atom stereocenters. The summed E-state index contributed by atoms with van der Waals surface area (Å²) < 4.78 is 9.27. The fourth-order valence-corrected chi connectivity index (χ4v) is 1.67. The third kappa shape index (κ3) is 1.10. The van der Waals surface area contributed by atoms with E-state index in [0.717, 1.165) is 11.1 Å². The molecule has 5 heteroatoms. The molecule has 0 aliphatic rings. The van der Waals surface area contributed by atoms with Crippen LogP contribution in [0, 0.1) is 0 Å². The standard InChI is InChI=1S/C9H5N3OS/c1-2-4-8-6(3-1)10-9(13-8)7-5-14-12-11-7/h1-5H. The number of nitrogens with zero attached hydrogens (tertiary/aromatic N) is 3. The van der Waals surface area contributed by atoms with Gasteiger partial charge in [-0.05, 0) is 23.7 Å². The van der Waals surface area contributed by atoms with Crippen LogP contribution in [0.2, 0.25) is 0 Å². The third-order valence-electron chi connectivity index (χ3n) is 1.87. The van der Waals surface area contributed by atoms with Crippen molar-refractivity contribution in [3.8, 4) is 11.6 Å². The Morgan fingerprint density at radius 3 is 2.93 bits per heavy atom. The van der Waals surface area contributed by atoms with E-state index in [2.05, 4.69) is 14.6 Å². The van der Waals surface area contributed by atoms with Gasteiger partial charge >= 0.3 is 0 Å². The normalized spacial score (nSPS) is 10.9. The second kappa shape index (κ2) is 2.88. The Hall–Kier alpha value is -1.75. The third-order valence-corrected chi connectivity index (χ3v) is 2.38. The minimum Gasteiger partial charge on any atom is -0.435 e. The summed E-state index contributed by atoms with van der Waals surface area (Å²) in [5, 5.41) is 5.70. The Bertz CT molecular complexity index is 525. The maximum Gasteiger partial charge on any atom is 0.249 e. The Kier molecular flexibility index (Phi) is 1.57. The van der Waals surface area contributed by atoms with Gasteiger partial charge in [-0.1, -0.05) is 16.6 Å². The van der Waals surface area contributed by atoms with Crippen molar-refractivity contribution < 1.29 is 4.42 Å². The fourth-order valence-electron chi connectivity index (χ4n) is 1.24. The summed E-state index contributed by atoms with van der Waals surface area (Å²) in [5.41, 5.74) is 2.30. The van der Waals surface area contributed by atoms with E-state index in [-0.39, 0.29) is 0 Å². The highest BCUT2D eigenvalue weighted by atomic mass is 32.1. The zero-order valence-electron chi connectivity index (χ0n) is 7.04. The second-order valence-corrected chi connectivity index (χ2v) is 3.39. The summed E-state index contributed by atoms with van der Waals surface area (Å²) >= 11 is 1.28. The molecule has 0 radical (unpaired) electrons. The number of hydrogen-bond donors (Lipinski definition) is 0. The van der Waals surface area contributed by atoms with E-state index < -0.39 is 0 Å². The summed E-state index contributed by atoms with van der Waals surface area (Å²) in [5.74, 6) is 0.528. The van der Waals surface area contributed by atoms with Crippen LogP contribution in [-0.4, -0.2) is 14.6 Å². The van der Waals surface area contributed by atoms with Gasteiger partial charge in [0, 0.05) is 5.38 Å². The molecule has 3 rings (SSSR count). The Labute approximate surface area is 83.4 Å². The van der Waals surface area contributed by atoms with E-state index in [1.165, 1.54) is 11.5 Å². The number of para-hydroxylation sites is 2. The number of benzene rings is 1. The number of oxazole rings is 1. The molecular weight excluding hydrogens is 198 g/mol. The van der Waals surface area contributed by atoms with Crippen LogP contribution < -0.4 is 0 Å². The van der Waals surface area contributed by atoms with Crippen molar-refractivity contribution in [2.45, 2.75) is 0 Å². The van der Waals surface area contributed by atoms with Crippen LogP contribution in [0.4, 0.5) is 0 Å². The lowest BCUT2D eigenvalue weighted by atomic mass is 10.3. The largest absolute Gasteiger partial charge is 0.435 e. The molecule has 0 fully saturated rings. The molecule has 1 aromatic carbocycles. The Balaban J connectivity index is 2.24. The van der Waals surface area contributed by atoms with Crippen molar-refractivity contribution in [2.24, 2.45) is 0 Å². The average molecular weight is 203 g/mol. The van der Waals surface area contributed by atoms with Crippen molar-refractivity contribution >= 4 is 22.6 Å². The molecule has 14 heavy (non-hydrogen) atoms. The summed E-state index contributed by atoms with van der Waals surface area (Å²) in [7, 11) is 0. The van der Waals surface area contributed by atoms with E-state index in [0.29, 0.717) is 11.6 Å². The molecule has 4 nitrogen and oxygen atoms in total. The van der Waals surface area contributed by atoms with Crippen molar-refractivity contribution in [1.82, 2.24) is 14.6 Å². The van der Waals surface area contributed by atoms with Crippen molar-refractivity contribution in [2.75, 3.05) is 0 Å². The van der Waals surface area contributed by atoms with E-state index in [1.54, 1.807) is 0 Å². The van der Waals surface area contributed by atoms with Gasteiger partial charge in [0.05, 0.1) is 0 Å². The lowest BCUT2D eigenvalue weighted by Gasteiger charge is -1.82. The summed E-state index contributed by atoms with van der Waals surface area (Å²) in [6.45, 7) is 0. The zero-order valence-corrected chi connectivity index (χ0v) is 7.86. The molecule has 0 aliphatic heterocycles. The van der Waals surface area contributed by atoms with Gasteiger partial charge in [0.25, 0.3) is 0 Å². The van der Waals surface area contributed by atoms with Crippen LogP contribution in [0.3, 0.4) is 0 Å². The average Bonchev–Trinajstić information content (AvgIpc) is 2.86. The number of fused-ring (bicyclic) bond motifs is 1. The summed E-state index contributed by atoms with van der Waals surface area (Å²) in [4.78, 5) is 4.29. The molecule has 0 saturated carbocycles. The molecule has 3 aromatic rings. The zero-order chi connectivity index (χ0) is 9.38. The minimum absolute atomic E-state index is 0.528. The van der Waals surface area contributed by atoms with Gasteiger partial charge < -0.3 is 4.42 Å². The molecule has 0 spiro atoms. The summed E-state index contributed by atoms with van der Waals surface area (Å²) in [6.07, 6.45) is 0. The van der Waals surface area contributed by atoms with E-state index in [1.807, 2.05) is 29.6 Å². The molecule has 0 bridgehead atoms. The maximum absolute atomic E-state index is 5.51. The Morgan fingerprint density at radius 1 is 1.21 bits per heavy atom. The maximum atomic E-state index is 5.51. The van der Waals surface area contributed by atoms with E-state index in [4.69, 9.17) is 4.42 Å². The van der Waals surface area contributed by atoms with Gasteiger partial charge in [0.1, 0.15) is 5.52 Å². The molecule has 0 saturated heterocycles. The van der Waals surface area contributed by atoms with Gasteiger partial charge in [-0.3, -0.25) is 0 Å². The van der Waals surface area contributed by atoms with Gasteiger partial charge in [-0.2, -0.15) is 0 Å². The highest BCUT2D eigenvalue weighted by Gasteiger charge is 2.09. The molecule has 0 amide bonds. The monoisotopic (exact) mass is 203 g/mol. The van der Waals surface area contributed by atoms with Crippen LogP contribution in [0.1, 0.15) is 0 Å². The lowest BCUT2D eigenvalue weighted by Crippen LogP contribution is -1.75. The topological polar surface area (TPSA) is 51.8 Å². The van der Waals surface area contributed by atoms with Crippen LogP contribution >= 0.6 is 11.5 Å². The van der Waals surface area contributed by atoms with Gasteiger partial charge in [0.15, 0.2) is 11.3 Å². The molecule has 0 unspecified atom stereocenters. The highest BCUT2D eigenvalue weighted by Crippen LogP contribution is 2.22. The molecular formula is C9H5N3OS. The first-order valence-electron chi connectivity index (χ1n) is 4.06. The first-order valence-corrected chi connectivity index (χ1v) is 4.90. The van der Waals surface area contributed by atoms with Crippen LogP contribution in [0.15, 0.2) is 34.1 Å². The van der Waals surface area contributed by atoms with Crippen LogP contribution in [0.5, 0.6) is 0 Å². The van der Waals surface area contributed by atoms with Crippen LogP contribution in [0.25, 0.3) is 22.7 Å². The number of rotatable bonds is 1. The van der Waals surface area contributed by atoms with Crippen LogP contribution in [-0.2, 0) is 0 Å².